The summed E-state index contributed by atoms with van der Waals surface area (Å²) in [5, 5.41) is 0.944. The Balaban J connectivity index is 1.76. The number of rotatable bonds is 4. The van der Waals surface area contributed by atoms with Gasteiger partial charge in [0.05, 0.1) is 7.11 Å². The van der Waals surface area contributed by atoms with Crippen molar-refractivity contribution in [2.45, 2.75) is 13.0 Å². The Morgan fingerprint density at radius 1 is 1.05 bits per heavy atom. The highest BCUT2D eigenvalue weighted by molar-refractivity contribution is 5.80. The minimum absolute atomic E-state index is 0.189. The fraction of sp³-hybridized carbons (Fsp3) is 0.176. The molecular weight excluding hydrogens is 253 g/mol. The highest BCUT2D eigenvalue weighted by Gasteiger charge is 2.02. The maximum absolute atomic E-state index is 13.1. The molecule has 0 fully saturated rings. The molecule has 0 aliphatic heterocycles. The number of hydrogen-bond acceptors (Lipinski definition) is 1. The van der Waals surface area contributed by atoms with Crippen LogP contribution in [-0.4, -0.2) is 11.7 Å². The number of nitrogens with zero attached hydrogens (tertiary/aromatic N) is 1. The minimum atomic E-state index is -0.189. The summed E-state index contributed by atoms with van der Waals surface area (Å²) < 4.78 is 20.4. The molecule has 2 aromatic carbocycles. The minimum Gasteiger partial charge on any atom is -0.497 e. The maximum Gasteiger partial charge on any atom is 0.123 e. The van der Waals surface area contributed by atoms with E-state index in [1.165, 1.54) is 11.6 Å². The van der Waals surface area contributed by atoms with E-state index in [1.54, 1.807) is 13.2 Å². The lowest BCUT2D eigenvalue weighted by Crippen LogP contribution is -1.99. The average molecular weight is 269 g/mol. The first-order valence-electron chi connectivity index (χ1n) is 6.63. The molecule has 1 heterocycles. The van der Waals surface area contributed by atoms with Crippen LogP contribution in [0.4, 0.5) is 4.39 Å². The lowest BCUT2D eigenvalue weighted by Gasteiger charge is -2.06. The van der Waals surface area contributed by atoms with Crippen LogP contribution < -0.4 is 4.74 Å². The Morgan fingerprint density at radius 3 is 2.60 bits per heavy atom. The average Bonchev–Trinajstić information content (AvgIpc) is 2.88. The first kappa shape index (κ1) is 12.7. The number of fused-ring (bicyclic) bond motifs is 1. The fourth-order valence-corrected chi connectivity index (χ4v) is 2.41. The van der Waals surface area contributed by atoms with Gasteiger partial charge >= 0.3 is 0 Å². The summed E-state index contributed by atoms with van der Waals surface area (Å²) in [5.41, 5.74) is 2.33. The summed E-state index contributed by atoms with van der Waals surface area (Å²) >= 11 is 0. The molecule has 0 radical (unpaired) electrons. The number of aryl methyl sites for hydroxylation is 2. The quantitative estimate of drug-likeness (QED) is 0.697. The largest absolute Gasteiger partial charge is 0.497 e. The van der Waals surface area contributed by atoms with Gasteiger partial charge in [-0.05, 0) is 48.4 Å². The van der Waals surface area contributed by atoms with Crippen LogP contribution >= 0.6 is 0 Å². The van der Waals surface area contributed by atoms with Crippen LogP contribution in [0.15, 0.2) is 54.7 Å². The summed E-state index contributed by atoms with van der Waals surface area (Å²) in [6.07, 6.45) is 2.94. The van der Waals surface area contributed by atoms with Gasteiger partial charge < -0.3 is 9.30 Å². The first-order valence-corrected chi connectivity index (χ1v) is 6.63. The normalized spacial score (nSPS) is 10.9. The van der Waals surface area contributed by atoms with Crippen LogP contribution in [0.2, 0.25) is 0 Å². The Bertz CT molecular complexity index is 715. The van der Waals surface area contributed by atoms with Crippen LogP contribution in [0.5, 0.6) is 5.75 Å². The monoisotopic (exact) mass is 269 g/mol. The molecule has 102 valence electrons. The van der Waals surface area contributed by atoms with E-state index in [2.05, 4.69) is 16.7 Å². The molecule has 0 aliphatic carbocycles. The molecule has 0 N–H and O–H groups in total. The van der Waals surface area contributed by atoms with E-state index in [-0.39, 0.29) is 5.82 Å². The van der Waals surface area contributed by atoms with Crippen molar-refractivity contribution >= 4 is 10.9 Å². The molecule has 2 nitrogen and oxygen atoms in total. The van der Waals surface area contributed by atoms with Crippen molar-refractivity contribution in [2.24, 2.45) is 0 Å². The second-order valence-corrected chi connectivity index (χ2v) is 4.81. The van der Waals surface area contributed by atoms with Gasteiger partial charge in [-0.15, -0.1) is 0 Å². The smallest absolute Gasteiger partial charge is 0.123 e. The zero-order valence-electron chi connectivity index (χ0n) is 11.3. The van der Waals surface area contributed by atoms with Gasteiger partial charge in [0.2, 0.25) is 0 Å². The van der Waals surface area contributed by atoms with E-state index in [9.17, 15) is 4.39 Å². The van der Waals surface area contributed by atoms with E-state index in [0.717, 1.165) is 29.6 Å². The van der Waals surface area contributed by atoms with Gasteiger partial charge in [-0.1, -0.05) is 12.1 Å². The summed E-state index contributed by atoms with van der Waals surface area (Å²) in [6.45, 7) is 0.876. The molecule has 0 spiro atoms. The van der Waals surface area contributed by atoms with Crippen molar-refractivity contribution in [2.75, 3.05) is 7.11 Å². The molecule has 0 saturated carbocycles. The van der Waals surface area contributed by atoms with E-state index >= 15 is 0 Å². The molecule has 0 aliphatic rings. The van der Waals surface area contributed by atoms with Crippen LogP contribution in [0.25, 0.3) is 10.9 Å². The highest BCUT2D eigenvalue weighted by Crippen LogP contribution is 2.18. The third-order valence-corrected chi connectivity index (χ3v) is 3.53. The first-order chi connectivity index (χ1) is 9.76. The Morgan fingerprint density at radius 2 is 1.85 bits per heavy atom. The molecule has 3 aromatic rings. The summed E-state index contributed by atoms with van der Waals surface area (Å²) in [7, 11) is 1.67. The van der Waals surface area contributed by atoms with Gasteiger partial charge in [-0.3, -0.25) is 0 Å². The van der Waals surface area contributed by atoms with E-state index in [1.807, 2.05) is 30.5 Å². The van der Waals surface area contributed by atoms with Crippen molar-refractivity contribution in [3.8, 4) is 5.75 Å². The second kappa shape index (κ2) is 5.37. The standard InChI is InChI=1S/C17H16FNO/c1-20-16-5-2-13(3-6-16)8-10-19-11-9-14-12-15(18)4-7-17(14)19/h2-7,9,11-12H,8,10H2,1H3. The molecule has 20 heavy (non-hydrogen) atoms. The lowest BCUT2D eigenvalue weighted by atomic mass is 10.1. The lowest BCUT2D eigenvalue weighted by molar-refractivity contribution is 0.414. The van der Waals surface area contributed by atoms with Crippen molar-refractivity contribution in [1.82, 2.24) is 4.57 Å². The van der Waals surface area contributed by atoms with Gasteiger partial charge in [-0.2, -0.15) is 0 Å². The van der Waals surface area contributed by atoms with Crippen molar-refractivity contribution in [3.05, 3.63) is 66.1 Å². The topological polar surface area (TPSA) is 14.2 Å². The SMILES string of the molecule is COc1ccc(CCn2ccc3cc(F)ccc32)cc1. The number of aromatic nitrogens is 1. The van der Waals surface area contributed by atoms with Crippen LogP contribution in [0.1, 0.15) is 5.56 Å². The summed E-state index contributed by atoms with van der Waals surface area (Å²) in [5.74, 6) is 0.682. The van der Waals surface area contributed by atoms with Gasteiger partial charge in [0, 0.05) is 23.6 Å². The molecular formula is C17H16FNO. The Hall–Kier alpha value is -2.29. The van der Waals surface area contributed by atoms with Crippen molar-refractivity contribution in [1.29, 1.82) is 0 Å². The third-order valence-electron chi connectivity index (χ3n) is 3.53. The van der Waals surface area contributed by atoms with Crippen LogP contribution in [-0.2, 0) is 13.0 Å². The number of methoxy groups -OCH3 is 1. The van der Waals surface area contributed by atoms with Crippen molar-refractivity contribution in [3.63, 3.8) is 0 Å². The molecule has 0 atom stereocenters. The molecule has 3 heteroatoms. The van der Waals surface area contributed by atoms with E-state index in [0.29, 0.717) is 0 Å². The van der Waals surface area contributed by atoms with Gasteiger partial charge in [0.1, 0.15) is 11.6 Å². The number of halogens is 1. The third kappa shape index (κ3) is 2.52. The van der Waals surface area contributed by atoms with Gasteiger partial charge in [0.15, 0.2) is 0 Å². The van der Waals surface area contributed by atoms with Crippen molar-refractivity contribution < 1.29 is 9.13 Å². The number of hydrogen-bond donors (Lipinski definition) is 0. The molecule has 0 saturated heterocycles. The highest BCUT2D eigenvalue weighted by atomic mass is 19.1. The zero-order valence-corrected chi connectivity index (χ0v) is 11.3. The number of benzene rings is 2. The second-order valence-electron chi connectivity index (χ2n) is 4.81. The fourth-order valence-electron chi connectivity index (χ4n) is 2.41. The maximum atomic E-state index is 13.1. The number of ether oxygens (including phenoxy) is 1. The molecule has 3 rings (SSSR count). The predicted octanol–water partition coefficient (Wildman–Crippen LogP) is 4.03. The molecule has 0 unspecified atom stereocenters. The Kier molecular flexibility index (Phi) is 3.42. The van der Waals surface area contributed by atoms with E-state index in [4.69, 9.17) is 4.74 Å². The Labute approximate surface area is 117 Å². The zero-order chi connectivity index (χ0) is 13.9. The van der Waals surface area contributed by atoms with E-state index < -0.39 is 0 Å². The van der Waals surface area contributed by atoms with Crippen LogP contribution in [0, 0.1) is 5.82 Å². The molecule has 0 amide bonds. The van der Waals surface area contributed by atoms with Gasteiger partial charge in [-0.25, -0.2) is 4.39 Å². The predicted molar refractivity (Wildman–Crippen MR) is 78.6 cm³/mol. The molecule has 1 aromatic heterocycles. The van der Waals surface area contributed by atoms with Crippen LogP contribution in [0.3, 0.4) is 0 Å². The molecule has 0 bridgehead atoms. The summed E-state index contributed by atoms with van der Waals surface area (Å²) in [6, 6.07) is 14.9. The van der Waals surface area contributed by atoms with Gasteiger partial charge in [0.25, 0.3) is 0 Å². The summed E-state index contributed by atoms with van der Waals surface area (Å²) in [4.78, 5) is 0.